The lowest BCUT2D eigenvalue weighted by Gasteiger charge is -2.02. The van der Waals surface area contributed by atoms with Crippen molar-refractivity contribution >= 4 is 17.0 Å². The van der Waals surface area contributed by atoms with Crippen LogP contribution in [0.25, 0.3) is 28.2 Å². The van der Waals surface area contributed by atoms with Crippen molar-refractivity contribution in [2.24, 2.45) is 0 Å². The lowest BCUT2D eigenvalue weighted by atomic mass is 10.0. The van der Waals surface area contributed by atoms with Gasteiger partial charge in [-0.05, 0) is 37.1 Å². The van der Waals surface area contributed by atoms with Crippen LogP contribution in [0.1, 0.15) is 16.9 Å². The quantitative estimate of drug-likeness (QED) is 0.595. The number of furan rings is 1. The van der Waals surface area contributed by atoms with Gasteiger partial charge in [-0.2, -0.15) is 0 Å². The molecule has 2 aromatic carbocycles. The van der Waals surface area contributed by atoms with Crippen molar-refractivity contribution in [3.05, 3.63) is 65.9 Å². The molecule has 0 aliphatic rings. The van der Waals surface area contributed by atoms with Crippen molar-refractivity contribution < 1.29 is 4.42 Å². The van der Waals surface area contributed by atoms with Crippen molar-refractivity contribution in [3.8, 4) is 11.1 Å². The van der Waals surface area contributed by atoms with E-state index >= 15 is 0 Å². The predicted octanol–water partition coefficient (Wildman–Crippen LogP) is 5.36. The summed E-state index contributed by atoms with van der Waals surface area (Å²) in [7, 11) is 0. The summed E-state index contributed by atoms with van der Waals surface area (Å²) in [6.45, 7) is 7.92. The molecule has 3 rings (SSSR count). The van der Waals surface area contributed by atoms with E-state index in [0.29, 0.717) is 0 Å². The minimum atomic E-state index is 0.922. The second-order valence-electron chi connectivity index (χ2n) is 4.85. The van der Waals surface area contributed by atoms with E-state index in [1.165, 1.54) is 16.7 Å². The SMILES string of the molecule is C=Cc1c(C)oc2cc(-c3ccc(C)cc3)ccc12. The van der Waals surface area contributed by atoms with Gasteiger partial charge in [0, 0.05) is 10.9 Å². The van der Waals surface area contributed by atoms with Gasteiger partial charge >= 0.3 is 0 Å². The molecule has 1 nitrogen and oxygen atoms in total. The van der Waals surface area contributed by atoms with Crippen LogP contribution in [0.5, 0.6) is 0 Å². The van der Waals surface area contributed by atoms with E-state index < -0.39 is 0 Å². The van der Waals surface area contributed by atoms with E-state index in [9.17, 15) is 0 Å². The highest BCUT2D eigenvalue weighted by molar-refractivity contribution is 5.91. The molecular formula is C18H16O. The molecule has 0 N–H and O–H groups in total. The Balaban J connectivity index is 2.16. The first-order valence-corrected chi connectivity index (χ1v) is 6.41. The lowest BCUT2D eigenvalue weighted by molar-refractivity contribution is 0.577. The molecular weight excluding hydrogens is 232 g/mol. The van der Waals surface area contributed by atoms with Crippen LogP contribution < -0.4 is 0 Å². The molecule has 0 saturated heterocycles. The summed E-state index contributed by atoms with van der Waals surface area (Å²) in [5.41, 5.74) is 5.67. The fourth-order valence-electron chi connectivity index (χ4n) is 2.42. The minimum Gasteiger partial charge on any atom is -0.461 e. The van der Waals surface area contributed by atoms with Crippen molar-refractivity contribution in [1.82, 2.24) is 0 Å². The summed E-state index contributed by atoms with van der Waals surface area (Å²) < 4.78 is 5.80. The molecule has 0 atom stereocenters. The second kappa shape index (κ2) is 4.43. The monoisotopic (exact) mass is 248 g/mol. The maximum atomic E-state index is 5.80. The molecule has 0 spiro atoms. The Kier molecular flexibility index (Phi) is 2.75. The topological polar surface area (TPSA) is 13.1 Å². The minimum absolute atomic E-state index is 0.922. The number of hydrogen-bond donors (Lipinski definition) is 0. The van der Waals surface area contributed by atoms with Gasteiger partial charge in [0.2, 0.25) is 0 Å². The van der Waals surface area contributed by atoms with Crippen LogP contribution in [0.3, 0.4) is 0 Å². The van der Waals surface area contributed by atoms with Gasteiger partial charge in [-0.15, -0.1) is 0 Å². The van der Waals surface area contributed by atoms with E-state index in [2.05, 4.69) is 56.0 Å². The fraction of sp³-hybridized carbons (Fsp3) is 0.111. The Bertz CT molecular complexity index is 745. The largest absolute Gasteiger partial charge is 0.461 e. The smallest absolute Gasteiger partial charge is 0.135 e. The summed E-state index contributed by atoms with van der Waals surface area (Å²) in [5, 5.41) is 1.13. The van der Waals surface area contributed by atoms with Crippen LogP contribution in [0.2, 0.25) is 0 Å². The van der Waals surface area contributed by atoms with Crippen molar-refractivity contribution in [3.63, 3.8) is 0 Å². The Morgan fingerprint density at radius 3 is 2.32 bits per heavy atom. The van der Waals surface area contributed by atoms with Crippen LogP contribution >= 0.6 is 0 Å². The molecule has 1 aromatic heterocycles. The lowest BCUT2D eigenvalue weighted by Crippen LogP contribution is -1.78. The number of aryl methyl sites for hydroxylation is 2. The van der Waals surface area contributed by atoms with Gasteiger partial charge in [-0.25, -0.2) is 0 Å². The van der Waals surface area contributed by atoms with Gasteiger partial charge in [0.15, 0.2) is 0 Å². The van der Waals surface area contributed by atoms with Gasteiger partial charge in [0.05, 0.1) is 0 Å². The number of benzene rings is 2. The molecule has 0 saturated carbocycles. The van der Waals surface area contributed by atoms with E-state index in [1.807, 2.05) is 13.0 Å². The third-order valence-corrected chi connectivity index (χ3v) is 3.50. The highest BCUT2D eigenvalue weighted by Gasteiger charge is 2.09. The molecule has 1 heteroatoms. The Hall–Kier alpha value is -2.28. The molecule has 19 heavy (non-hydrogen) atoms. The highest BCUT2D eigenvalue weighted by atomic mass is 16.3. The zero-order chi connectivity index (χ0) is 13.4. The summed E-state index contributed by atoms with van der Waals surface area (Å²) in [6, 6.07) is 14.9. The summed E-state index contributed by atoms with van der Waals surface area (Å²) in [5.74, 6) is 0.922. The molecule has 0 fully saturated rings. The van der Waals surface area contributed by atoms with Gasteiger partial charge in [0.25, 0.3) is 0 Å². The second-order valence-corrected chi connectivity index (χ2v) is 4.85. The van der Waals surface area contributed by atoms with Crippen LogP contribution in [0.15, 0.2) is 53.5 Å². The van der Waals surface area contributed by atoms with Crippen LogP contribution in [-0.4, -0.2) is 0 Å². The average molecular weight is 248 g/mol. The molecule has 0 aliphatic carbocycles. The average Bonchev–Trinajstić information content (AvgIpc) is 2.73. The maximum Gasteiger partial charge on any atom is 0.135 e. The van der Waals surface area contributed by atoms with Gasteiger partial charge in [-0.1, -0.05) is 48.6 Å². The van der Waals surface area contributed by atoms with Crippen LogP contribution in [0, 0.1) is 13.8 Å². The fourth-order valence-corrected chi connectivity index (χ4v) is 2.42. The van der Waals surface area contributed by atoms with Gasteiger partial charge in [-0.3, -0.25) is 0 Å². The van der Waals surface area contributed by atoms with Crippen molar-refractivity contribution in [1.29, 1.82) is 0 Å². The van der Waals surface area contributed by atoms with E-state index in [1.54, 1.807) is 0 Å². The molecule has 0 radical (unpaired) electrons. The molecule has 0 bridgehead atoms. The first-order valence-electron chi connectivity index (χ1n) is 6.41. The number of rotatable bonds is 2. The summed E-state index contributed by atoms with van der Waals surface area (Å²) >= 11 is 0. The van der Waals surface area contributed by atoms with Crippen LogP contribution in [0.4, 0.5) is 0 Å². The Morgan fingerprint density at radius 1 is 0.947 bits per heavy atom. The van der Waals surface area contributed by atoms with E-state index in [0.717, 1.165) is 22.3 Å². The highest BCUT2D eigenvalue weighted by Crippen LogP contribution is 2.30. The summed E-state index contributed by atoms with van der Waals surface area (Å²) in [4.78, 5) is 0. The zero-order valence-corrected chi connectivity index (χ0v) is 11.2. The van der Waals surface area contributed by atoms with Gasteiger partial charge in [0.1, 0.15) is 11.3 Å². The van der Waals surface area contributed by atoms with E-state index in [4.69, 9.17) is 4.42 Å². The van der Waals surface area contributed by atoms with Crippen LogP contribution in [-0.2, 0) is 0 Å². The Morgan fingerprint density at radius 2 is 1.63 bits per heavy atom. The molecule has 3 aromatic rings. The van der Waals surface area contributed by atoms with E-state index in [-0.39, 0.29) is 0 Å². The molecule has 0 amide bonds. The number of fused-ring (bicyclic) bond motifs is 1. The number of hydrogen-bond acceptors (Lipinski definition) is 1. The third kappa shape index (κ3) is 1.97. The first kappa shape index (κ1) is 11.8. The standard InChI is InChI=1S/C18H16O/c1-4-16-13(3)19-18-11-15(9-10-17(16)18)14-7-5-12(2)6-8-14/h4-11H,1H2,2-3H3. The van der Waals surface area contributed by atoms with Crippen molar-refractivity contribution in [2.75, 3.05) is 0 Å². The van der Waals surface area contributed by atoms with Crippen molar-refractivity contribution in [2.45, 2.75) is 13.8 Å². The molecule has 1 heterocycles. The third-order valence-electron chi connectivity index (χ3n) is 3.50. The Labute approximate surface area is 113 Å². The molecule has 94 valence electrons. The maximum absolute atomic E-state index is 5.80. The molecule has 0 unspecified atom stereocenters. The first-order chi connectivity index (χ1) is 9.19. The normalized spacial score (nSPS) is 10.8. The van der Waals surface area contributed by atoms with Gasteiger partial charge < -0.3 is 4.42 Å². The molecule has 0 aliphatic heterocycles. The zero-order valence-electron chi connectivity index (χ0n) is 11.2. The predicted molar refractivity (Wildman–Crippen MR) is 81.2 cm³/mol. The summed E-state index contributed by atoms with van der Waals surface area (Å²) in [6.07, 6.45) is 1.85.